The highest BCUT2D eigenvalue weighted by molar-refractivity contribution is 6.09. The molecule has 50 heavy (non-hydrogen) atoms. The Balaban J connectivity index is 1.17. The number of fused-ring (bicyclic) bond motifs is 3. The lowest BCUT2D eigenvalue weighted by Gasteiger charge is -2.29. The van der Waals surface area contributed by atoms with Crippen molar-refractivity contribution in [3.63, 3.8) is 0 Å². The summed E-state index contributed by atoms with van der Waals surface area (Å²) in [4.78, 5) is 2.38. The quantitative estimate of drug-likeness (QED) is 0.169. The number of rotatable bonds is 7. The number of benzene rings is 8. The van der Waals surface area contributed by atoms with Crippen LogP contribution in [0, 0.1) is 0 Å². The number of aromatic nitrogens is 1. The molecule has 0 fully saturated rings. The summed E-state index contributed by atoms with van der Waals surface area (Å²) in [6, 6.07) is 74.0. The molecule has 0 aliphatic heterocycles. The third kappa shape index (κ3) is 5.24. The maximum atomic E-state index is 2.38. The Kier molecular flexibility index (Phi) is 7.53. The lowest BCUT2D eigenvalue weighted by Crippen LogP contribution is -2.11. The minimum absolute atomic E-state index is 1.10. The average molecular weight is 639 g/mol. The van der Waals surface area contributed by atoms with Crippen LogP contribution in [0.25, 0.3) is 60.9 Å². The number of para-hydroxylation sites is 3. The fraction of sp³-hybridized carbons (Fsp3) is 0. The molecule has 0 unspecified atom stereocenters. The molecule has 236 valence electrons. The monoisotopic (exact) mass is 638 g/mol. The average Bonchev–Trinajstić information content (AvgIpc) is 3.54. The highest BCUT2D eigenvalue weighted by atomic mass is 15.1. The third-order valence-electron chi connectivity index (χ3n) is 9.59. The molecule has 0 bridgehead atoms. The van der Waals surface area contributed by atoms with Crippen molar-refractivity contribution in [3.05, 3.63) is 206 Å². The van der Waals surface area contributed by atoms with Gasteiger partial charge in [-0.3, -0.25) is 0 Å². The van der Waals surface area contributed by atoms with Crippen LogP contribution in [0.4, 0.5) is 17.1 Å². The Hall–Kier alpha value is -6.64. The number of hydrogen-bond donors (Lipinski definition) is 0. The number of nitrogens with zero attached hydrogens (tertiary/aromatic N) is 2. The van der Waals surface area contributed by atoms with Crippen molar-refractivity contribution in [1.82, 2.24) is 4.57 Å². The molecule has 0 aliphatic rings. The van der Waals surface area contributed by atoms with E-state index < -0.39 is 0 Å². The van der Waals surface area contributed by atoms with Gasteiger partial charge in [0, 0.05) is 33.4 Å². The summed E-state index contributed by atoms with van der Waals surface area (Å²) in [6.45, 7) is 0. The van der Waals surface area contributed by atoms with Gasteiger partial charge in [0.2, 0.25) is 0 Å². The molecule has 0 saturated carbocycles. The van der Waals surface area contributed by atoms with E-state index in [0.717, 1.165) is 22.7 Å². The second kappa shape index (κ2) is 12.8. The molecule has 0 N–H and O–H groups in total. The van der Waals surface area contributed by atoms with Gasteiger partial charge in [0.1, 0.15) is 0 Å². The molecule has 0 aliphatic carbocycles. The van der Waals surface area contributed by atoms with E-state index >= 15 is 0 Å². The summed E-state index contributed by atoms with van der Waals surface area (Å²) in [5.74, 6) is 0. The summed E-state index contributed by atoms with van der Waals surface area (Å²) in [7, 11) is 0. The first-order chi connectivity index (χ1) is 24.8. The molecule has 0 amide bonds. The maximum Gasteiger partial charge on any atom is 0.0546 e. The Morgan fingerprint density at radius 3 is 1.52 bits per heavy atom. The van der Waals surface area contributed by atoms with E-state index in [2.05, 4.69) is 216 Å². The van der Waals surface area contributed by atoms with Crippen LogP contribution in [0.2, 0.25) is 0 Å². The van der Waals surface area contributed by atoms with E-state index in [-0.39, 0.29) is 0 Å². The molecular weight excluding hydrogens is 605 g/mol. The minimum atomic E-state index is 1.10. The van der Waals surface area contributed by atoms with Gasteiger partial charge in [-0.2, -0.15) is 0 Å². The van der Waals surface area contributed by atoms with Gasteiger partial charge in [-0.15, -0.1) is 0 Å². The smallest absolute Gasteiger partial charge is 0.0546 e. The van der Waals surface area contributed by atoms with E-state index in [1.807, 2.05) is 0 Å². The zero-order chi connectivity index (χ0) is 33.3. The molecule has 8 aromatic carbocycles. The van der Waals surface area contributed by atoms with Gasteiger partial charge < -0.3 is 9.47 Å². The van der Waals surface area contributed by atoms with Crippen LogP contribution >= 0.6 is 0 Å². The second-order valence-electron chi connectivity index (χ2n) is 12.6. The number of hydrogen-bond acceptors (Lipinski definition) is 1. The van der Waals surface area contributed by atoms with Crippen molar-refractivity contribution in [2.24, 2.45) is 0 Å². The van der Waals surface area contributed by atoms with Gasteiger partial charge >= 0.3 is 0 Å². The second-order valence-corrected chi connectivity index (χ2v) is 12.6. The van der Waals surface area contributed by atoms with Crippen molar-refractivity contribution >= 4 is 38.9 Å². The molecule has 9 rings (SSSR count). The normalized spacial score (nSPS) is 11.2. The molecule has 0 atom stereocenters. The van der Waals surface area contributed by atoms with E-state index in [0.29, 0.717) is 0 Å². The van der Waals surface area contributed by atoms with E-state index in [1.54, 1.807) is 0 Å². The summed E-state index contributed by atoms with van der Waals surface area (Å²) >= 11 is 0. The lowest BCUT2D eigenvalue weighted by atomic mass is 9.92. The molecule has 0 spiro atoms. The largest absolute Gasteiger partial charge is 0.310 e. The van der Waals surface area contributed by atoms with Gasteiger partial charge in [0.05, 0.1) is 16.7 Å². The van der Waals surface area contributed by atoms with Crippen molar-refractivity contribution in [2.75, 3.05) is 4.90 Å². The standard InChI is InChI=1S/C48H34N2/c1-4-16-36(17-5-1)42-26-15-29-47(48(42)37-18-6-2-7-19-37)49(39-21-8-3-9-22-39)40-32-30-35(31-33-40)38-20-14-23-41(34-38)50-45-27-12-10-24-43(45)44-25-11-13-28-46(44)50/h1-34H. The zero-order valence-electron chi connectivity index (χ0n) is 27.5. The van der Waals surface area contributed by atoms with Gasteiger partial charge in [0.15, 0.2) is 0 Å². The highest BCUT2D eigenvalue weighted by Crippen LogP contribution is 2.45. The Bertz CT molecular complexity index is 2510. The third-order valence-corrected chi connectivity index (χ3v) is 9.59. The SMILES string of the molecule is c1ccc(-c2cccc(N(c3ccccc3)c3ccc(-c4cccc(-n5c6ccccc6c6ccccc65)c4)cc3)c2-c2ccccc2)cc1. The maximum absolute atomic E-state index is 2.38. The van der Waals surface area contributed by atoms with Crippen LogP contribution in [0.1, 0.15) is 0 Å². The highest BCUT2D eigenvalue weighted by Gasteiger charge is 2.20. The summed E-state index contributed by atoms with van der Waals surface area (Å²) in [5, 5.41) is 2.54. The number of anilines is 3. The van der Waals surface area contributed by atoms with Crippen molar-refractivity contribution in [1.29, 1.82) is 0 Å². The summed E-state index contributed by atoms with van der Waals surface area (Å²) in [6.07, 6.45) is 0. The van der Waals surface area contributed by atoms with E-state index in [1.165, 1.54) is 55.2 Å². The van der Waals surface area contributed by atoms with Crippen LogP contribution in [0.5, 0.6) is 0 Å². The van der Waals surface area contributed by atoms with Crippen LogP contribution in [0.15, 0.2) is 206 Å². The van der Waals surface area contributed by atoms with Crippen LogP contribution in [0.3, 0.4) is 0 Å². The Morgan fingerprint density at radius 2 is 0.860 bits per heavy atom. The van der Waals surface area contributed by atoms with Crippen LogP contribution < -0.4 is 4.90 Å². The molecule has 1 heterocycles. The van der Waals surface area contributed by atoms with E-state index in [4.69, 9.17) is 0 Å². The lowest BCUT2D eigenvalue weighted by molar-refractivity contribution is 1.18. The predicted molar refractivity (Wildman–Crippen MR) is 212 cm³/mol. The minimum Gasteiger partial charge on any atom is -0.310 e. The topological polar surface area (TPSA) is 8.17 Å². The van der Waals surface area contributed by atoms with Gasteiger partial charge in [-0.25, -0.2) is 0 Å². The first kappa shape index (κ1) is 29.5. The first-order valence-corrected chi connectivity index (χ1v) is 17.1. The summed E-state index contributed by atoms with van der Waals surface area (Å²) in [5.41, 5.74) is 14.0. The van der Waals surface area contributed by atoms with Gasteiger partial charge in [0.25, 0.3) is 0 Å². The molecule has 0 radical (unpaired) electrons. The van der Waals surface area contributed by atoms with Crippen molar-refractivity contribution in [2.45, 2.75) is 0 Å². The fourth-order valence-corrected chi connectivity index (χ4v) is 7.33. The fourth-order valence-electron chi connectivity index (χ4n) is 7.33. The van der Waals surface area contributed by atoms with Crippen molar-refractivity contribution < 1.29 is 0 Å². The van der Waals surface area contributed by atoms with Crippen LogP contribution in [-0.4, -0.2) is 4.57 Å². The van der Waals surface area contributed by atoms with Gasteiger partial charge in [-0.05, 0) is 82.4 Å². The van der Waals surface area contributed by atoms with E-state index in [9.17, 15) is 0 Å². The zero-order valence-corrected chi connectivity index (χ0v) is 27.5. The molecule has 9 aromatic rings. The molecule has 2 heteroatoms. The molecule has 2 nitrogen and oxygen atoms in total. The van der Waals surface area contributed by atoms with Crippen LogP contribution in [-0.2, 0) is 0 Å². The first-order valence-electron chi connectivity index (χ1n) is 17.1. The molecule has 1 aromatic heterocycles. The predicted octanol–water partition coefficient (Wildman–Crippen LogP) is 13.3. The Labute approximate surface area is 292 Å². The van der Waals surface area contributed by atoms with Crippen molar-refractivity contribution in [3.8, 4) is 39.1 Å². The Morgan fingerprint density at radius 1 is 0.340 bits per heavy atom. The van der Waals surface area contributed by atoms with Gasteiger partial charge in [-0.1, -0.05) is 152 Å². The summed E-state index contributed by atoms with van der Waals surface area (Å²) < 4.78 is 2.38. The molecular formula is C48H34N2. The molecule has 0 saturated heterocycles.